The Morgan fingerprint density at radius 2 is 2.11 bits per heavy atom. The minimum absolute atomic E-state index is 0.0329. The van der Waals surface area contributed by atoms with Crippen molar-refractivity contribution in [2.75, 3.05) is 13.7 Å². The number of carbonyl (C=O) groups is 1. The van der Waals surface area contributed by atoms with Crippen LogP contribution in [0.25, 0.3) is 10.8 Å². The molecule has 0 aromatic heterocycles. The fourth-order valence-corrected chi connectivity index (χ4v) is 2.45. The van der Waals surface area contributed by atoms with Crippen LogP contribution in [0.1, 0.15) is 11.5 Å². The van der Waals surface area contributed by atoms with Crippen molar-refractivity contribution < 1.29 is 14.6 Å². The summed E-state index contributed by atoms with van der Waals surface area (Å²) in [5.74, 6) is -1.17. The molecule has 0 saturated carbocycles. The van der Waals surface area contributed by atoms with E-state index in [1.54, 1.807) is 0 Å². The molecule has 2 rings (SSSR count). The third-order valence-corrected chi connectivity index (χ3v) is 3.55. The average molecular weight is 324 g/mol. The van der Waals surface area contributed by atoms with Gasteiger partial charge in [-0.3, -0.25) is 4.79 Å². The normalized spacial score (nSPS) is 12.4. The van der Waals surface area contributed by atoms with Crippen molar-refractivity contribution in [3.05, 3.63) is 40.4 Å². The molecule has 1 unspecified atom stereocenters. The quantitative estimate of drug-likeness (QED) is 0.907. The number of nitrogens with two attached hydrogens (primary N) is 1. The lowest BCUT2D eigenvalue weighted by Gasteiger charge is -2.15. The smallest absolute Gasteiger partial charge is 0.312 e. The lowest BCUT2D eigenvalue weighted by atomic mass is 9.95. The first kappa shape index (κ1) is 13.8. The van der Waals surface area contributed by atoms with Crippen molar-refractivity contribution in [1.29, 1.82) is 0 Å². The molecule has 0 heterocycles. The van der Waals surface area contributed by atoms with Gasteiger partial charge in [-0.15, -0.1) is 0 Å². The van der Waals surface area contributed by atoms with E-state index in [1.807, 2.05) is 30.3 Å². The second-order valence-electron chi connectivity index (χ2n) is 4.21. The van der Waals surface area contributed by atoms with E-state index < -0.39 is 11.9 Å². The molecule has 0 radical (unpaired) electrons. The lowest BCUT2D eigenvalue weighted by Crippen LogP contribution is -2.21. The summed E-state index contributed by atoms with van der Waals surface area (Å²) in [6.07, 6.45) is 0. The Kier molecular flexibility index (Phi) is 4.07. The van der Waals surface area contributed by atoms with Crippen molar-refractivity contribution in [2.45, 2.75) is 5.92 Å². The maximum absolute atomic E-state index is 11.3. The Balaban J connectivity index is 2.67. The molecule has 5 heteroatoms. The molecule has 0 fully saturated rings. The molecule has 2 aromatic rings. The molecule has 0 spiro atoms. The zero-order valence-electron chi connectivity index (χ0n) is 10.4. The van der Waals surface area contributed by atoms with E-state index in [0.29, 0.717) is 11.3 Å². The molecule has 0 amide bonds. The van der Waals surface area contributed by atoms with Crippen LogP contribution in [0.3, 0.4) is 0 Å². The van der Waals surface area contributed by atoms with Gasteiger partial charge in [-0.1, -0.05) is 22.0 Å². The van der Waals surface area contributed by atoms with Crippen LogP contribution < -0.4 is 10.5 Å². The SMILES string of the molecule is COc1cc2ccc(Br)cc2cc1C(CN)C(=O)O. The van der Waals surface area contributed by atoms with Crippen LogP contribution in [-0.2, 0) is 4.79 Å². The van der Waals surface area contributed by atoms with Gasteiger partial charge in [-0.2, -0.15) is 0 Å². The molecule has 1 atom stereocenters. The van der Waals surface area contributed by atoms with Gasteiger partial charge in [-0.05, 0) is 35.0 Å². The molecule has 0 aliphatic carbocycles. The van der Waals surface area contributed by atoms with Gasteiger partial charge < -0.3 is 15.6 Å². The Labute approximate surface area is 119 Å². The van der Waals surface area contributed by atoms with Gasteiger partial charge in [0.25, 0.3) is 0 Å². The van der Waals surface area contributed by atoms with Crippen molar-refractivity contribution >= 4 is 32.7 Å². The van der Waals surface area contributed by atoms with Crippen molar-refractivity contribution in [2.24, 2.45) is 5.73 Å². The van der Waals surface area contributed by atoms with Crippen LogP contribution in [0.2, 0.25) is 0 Å². The van der Waals surface area contributed by atoms with E-state index in [1.165, 1.54) is 7.11 Å². The standard InChI is InChI=1S/C14H14BrNO3/c1-19-13-6-8-2-3-10(15)4-9(8)5-11(13)12(7-16)14(17)18/h2-6,12H,7,16H2,1H3,(H,17,18). The van der Waals surface area contributed by atoms with E-state index in [4.69, 9.17) is 10.5 Å². The highest BCUT2D eigenvalue weighted by atomic mass is 79.9. The fraction of sp³-hybridized carbons (Fsp3) is 0.214. The highest BCUT2D eigenvalue weighted by molar-refractivity contribution is 9.10. The summed E-state index contributed by atoms with van der Waals surface area (Å²) in [6, 6.07) is 9.48. The number of hydrogen-bond donors (Lipinski definition) is 2. The Hall–Kier alpha value is -1.59. The van der Waals surface area contributed by atoms with E-state index in [-0.39, 0.29) is 6.54 Å². The summed E-state index contributed by atoms with van der Waals surface area (Å²) in [5, 5.41) is 11.2. The number of ether oxygens (including phenoxy) is 1. The largest absolute Gasteiger partial charge is 0.496 e. The number of carboxylic acid groups (broad SMARTS) is 1. The molecule has 0 aliphatic heterocycles. The third kappa shape index (κ3) is 2.72. The van der Waals surface area contributed by atoms with Gasteiger partial charge in [0.05, 0.1) is 13.0 Å². The molecule has 0 aliphatic rings. The predicted octanol–water partition coefficient (Wildman–Crippen LogP) is 2.74. The van der Waals surface area contributed by atoms with Gasteiger partial charge in [0.1, 0.15) is 5.75 Å². The second kappa shape index (κ2) is 5.59. The highest BCUT2D eigenvalue weighted by Crippen LogP contribution is 2.32. The lowest BCUT2D eigenvalue weighted by molar-refractivity contribution is -0.138. The fourth-order valence-electron chi connectivity index (χ4n) is 2.08. The zero-order valence-corrected chi connectivity index (χ0v) is 12.0. The summed E-state index contributed by atoms with van der Waals surface area (Å²) in [4.78, 5) is 11.3. The van der Waals surface area contributed by atoms with Gasteiger partial charge in [0, 0.05) is 16.6 Å². The first-order valence-electron chi connectivity index (χ1n) is 5.77. The number of hydrogen-bond acceptors (Lipinski definition) is 3. The number of aliphatic carboxylic acids is 1. The Morgan fingerprint density at radius 1 is 1.37 bits per heavy atom. The van der Waals surface area contributed by atoms with Gasteiger partial charge in [-0.25, -0.2) is 0 Å². The van der Waals surface area contributed by atoms with Crippen LogP contribution in [0.5, 0.6) is 5.75 Å². The number of fused-ring (bicyclic) bond motifs is 1. The number of carboxylic acids is 1. The third-order valence-electron chi connectivity index (χ3n) is 3.06. The van der Waals surface area contributed by atoms with E-state index in [9.17, 15) is 9.90 Å². The maximum Gasteiger partial charge on any atom is 0.312 e. The maximum atomic E-state index is 11.3. The number of benzene rings is 2. The highest BCUT2D eigenvalue weighted by Gasteiger charge is 2.22. The molecular formula is C14H14BrNO3. The van der Waals surface area contributed by atoms with Crippen LogP contribution in [0, 0.1) is 0 Å². The number of methoxy groups -OCH3 is 1. The van der Waals surface area contributed by atoms with Crippen LogP contribution >= 0.6 is 15.9 Å². The molecule has 100 valence electrons. The molecule has 19 heavy (non-hydrogen) atoms. The summed E-state index contributed by atoms with van der Waals surface area (Å²) in [6.45, 7) is 0.0329. The first-order chi connectivity index (χ1) is 9.06. The number of rotatable bonds is 4. The Bertz CT molecular complexity index is 627. The van der Waals surface area contributed by atoms with Crippen molar-refractivity contribution in [3.8, 4) is 5.75 Å². The van der Waals surface area contributed by atoms with Crippen molar-refractivity contribution in [1.82, 2.24) is 0 Å². The van der Waals surface area contributed by atoms with Gasteiger partial charge >= 0.3 is 5.97 Å². The molecule has 0 saturated heterocycles. The minimum Gasteiger partial charge on any atom is -0.496 e. The predicted molar refractivity (Wildman–Crippen MR) is 77.6 cm³/mol. The van der Waals surface area contributed by atoms with Crippen LogP contribution in [0.4, 0.5) is 0 Å². The van der Waals surface area contributed by atoms with Gasteiger partial charge in [0.15, 0.2) is 0 Å². The molecule has 3 N–H and O–H groups in total. The average Bonchev–Trinajstić information content (AvgIpc) is 2.38. The zero-order chi connectivity index (χ0) is 14.0. The van der Waals surface area contributed by atoms with E-state index in [2.05, 4.69) is 15.9 Å². The minimum atomic E-state index is -0.949. The van der Waals surface area contributed by atoms with E-state index >= 15 is 0 Å². The summed E-state index contributed by atoms with van der Waals surface area (Å²) >= 11 is 3.40. The Morgan fingerprint density at radius 3 is 2.68 bits per heavy atom. The first-order valence-corrected chi connectivity index (χ1v) is 6.56. The molecular weight excluding hydrogens is 310 g/mol. The van der Waals surface area contributed by atoms with Crippen molar-refractivity contribution in [3.63, 3.8) is 0 Å². The molecule has 2 aromatic carbocycles. The van der Waals surface area contributed by atoms with E-state index in [0.717, 1.165) is 15.2 Å². The topological polar surface area (TPSA) is 72.5 Å². The van der Waals surface area contributed by atoms with Crippen LogP contribution in [0.15, 0.2) is 34.8 Å². The van der Waals surface area contributed by atoms with Crippen LogP contribution in [-0.4, -0.2) is 24.7 Å². The summed E-state index contributed by atoms with van der Waals surface area (Å²) < 4.78 is 6.23. The second-order valence-corrected chi connectivity index (χ2v) is 5.13. The monoisotopic (exact) mass is 323 g/mol. The summed E-state index contributed by atoms with van der Waals surface area (Å²) in [5.41, 5.74) is 6.16. The molecule has 4 nitrogen and oxygen atoms in total. The van der Waals surface area contributed by atoms with Gasteiger partial charge in [0.2, 0.25) is 0 Å². The number of halogens is 1. The molecule has 0 bridgehead atoms. The summed E-state index contributed by atoms with van der Waals surface area (Å²) in [7, 11) is 1.53.